The lowest BCUT2D eigenvalue weighted by molar-refractivity contribution is -0.133. The molecule has 0 saturated carbocycles. The van der Waals surface area contributed by atoms with Crippen LogP contribution in [0.3, 0.4) is 0 Å². The minimum Gasteiger partial charge on any atom is -0.339 e. The predicted octanol–water partition coefficient (Wildman–Crippen LogP) is 2.43. The highest BCUT2D eigenvalue weighted by Crippen LogP contribution is 2.19. The third-order valence-corrected chi connectivity index (χ3v) is 5.48. The van der Waals surface area contributed by atoms with E-state index >= 15 is 0 Å². The molecule has 1 fully saturated rings. The summed E-state index contributed by atoms with van der Waals surface area (Å²) in [6, 6.07) is 13.2. The van der Waals surface area contributed by atoms with E-state index < -0.39 is 0 Å². The second-order valence-electron chi connectivity index (χ2n) is 6.30. The first-order chi connectivity index (χ1) is 12.0. The number of nitrogens with zero attached hydrogens (tertiary/aromatic N) is 2. The van der Waals surface area contributed by atoms with Crippen molar-refractivity contribution in [1.29, 1.82) is 0 Å². The van der Waals surface area contributed by atoms with E-state index in [9.17, 15) is 9.59 Å². The van der Waals surface area contributed by atoms with Gasteiger partial charge in [0.2, 0.25) is 5.91 Å². The molecule has 5 nitrogen and oxygen atoms in total. The van der Waals surface area contributed by atoms with Gasteiger partial charge in [0.1, 0.15) is 0 Å². The van der Waals surface area contributed by atoms with Gasteiger partial charge < -0.3 is 15.5 Å². The van der Waals surface area contributed by atoms with Crippen LogP contribution >= 0.6 is 11.3 Å². The number of aryl methyl sites for hydroxylation is 1. The Morgan fingerprint density at radius 3 is 2.28 bits per heavy atom. The molecule has 3 rings (SSSR count). The minimum absolute atomic E-state index is 0.0513. The van der Waals surface area contributed by atoms with Crippen LogP contribution in [0, 0.1) is 6.92 Å². The fourth-order valence-electron chi connectivity index (χ4n) is 3.00. The van der Waals surface area contributed by atoms with Crippen LogP contribution in [0.1, 0.15) is 32.6 Å². The van der Waals surface area contributed by atoms with Crippen molar-refractivity contribution < 1.29 is 9.59 Å². The smallest absolute Gasteiger partial charge is 0.264 e. The molecule has 25 heavy (non-hydrogen) atoms. The highest BCUT2D eigenvalue weighted by atomic mass is 32.1. The normalized spacial score (nSPS) is 15.9. The second-order valence-corrected chi connectivity index (χ2v) is 7.59. The van der Waals surface area contributed by atoms with Crippen molar-refractivity contribution in [2.75, 3.05) is 26.2 Å². The second kappa shape index (κ2) is 7.80. The quantitative estimate of drug-likeness (QED) is 0.914. The molecule has 2 N–H and O–H groups in total. The molecule has 132 valence electrons. The van der Waals surface area contributed by atoms with Crippen LogP contribution < -0.4 is 5.73 Å². The summed E-state index contributed by atoms with van der Waals surface area (Å²) in [4.78, 5) is 30.5. The maximum absolute atomic E-state index is 12.5. The summed E-state index contributed by atoms with van der Waals surface area (Å²) in [5, 5.41) is 0. The van der Waals surface area contributed by atoms with Crippen molar-refractivity contribution >= 4 is 23.2 Å². The number of hydrogen-bond acceptors (Lipinski definition) is 4. The van der Waals surface area contributed by atoms with Gasteiger partial charge in [0.25, 0.3) is 5.91 Å². The van der Waals surface area contributed by atoms with Gasteiger partial charge >= 0.3 is 0 Å². The summed E-state index contributed by atoms with van der Waals surface area (Å²) in [6.45, 7) is 4.27. The molecule has 1 aliphatic rings. The van der Waals surface area contributed by atoms with Gasteiger partial charge in [-0.1, -0.05) is 30.3 Å². The van der Waals surface area contributed by atoms with Crippen molar-refractivity contribution in [3.63, 3.8) is 0 Å². The highest BCUT2D eigenvalue weighted by Gasteiger charge is 2.26. The van der Waals surface area contributed by atoms with Crippen molar-refractivity contribution in [3.8, 4) is 0 Å². The molecule has 0 bridgehead atoms. The van der Waals surface area contributed by atoms with Crippen LogP contribution in [-0.4, -0.2) is 47.8 Å². The van der Waals surface area contributed by atoms with Gasteiger partial charge in [-0.15, -0.1) is 11.3 Å². The number of benzene rings is 1. The SMILES string of the molecule is Cc1ccc(C(=O)N2CCN(C(=O)CC(N)c3ccccc3)CC2)s1. The molecular formula is C19H23N3O2S. The van der Waals surface area contributed by atoms with E-state index in [2.05, 4.69) is 0 Å². The molecule has 1 aromatic carbocycles. The lowest BCUT2D eigenvalue weighted by Crippen LogP contribution is -2.50. The zero-order valence-corrected chi connectivity index (χ0v) is 15.2. The van der Waals surface area contributed by atoms with Gasteiger partial charge in [0.05, 0.1) is 4.88 Å². The lowest BCUT2D eigenvalue weighted by Gasteiger charge is -2.35. The monoisotopic (exact) mass is 357 g/mol. The molecule has 1 saturated heterocycles. The Morgan fingerprint density at radius 1 is 1.04 bits per heavy atom. The van der Waals surface area contributed by atoms with Crippen LogP contribution in [0.4, 0.5) is 0 Å². The van der Waals surface area contributed by atoms with Crippen LogP contribution in [0.2, 0.25) is 0 Å². The van der Waals surface area contributed by atoms with Crippen LogP contribution in [-0.2, 0) is 4.79 Å². The zero-order valence-electron chi connectivity index (χ0n) is 14.4. The molecule has 6 heteroatoms. The molecule has 1 aromatic heterocycles. The molecule has 1 aliphatic heterocycles. The summed E-state index contributed by atoms with van der Waals surface area (Å²) in [5.74, 6) is 0.113. The summed E-state index contributed by atoms with van der Waals surface area (Å²) >= 11 is 1.51. The Bertz CT molecular complexity index is 736. The van der Waals surface area contributed by atoms with Gasteiger partial charge in [0, 0.05) is 43.5 Å². The number of piperazine rings is 1. The number of carbonyl (C=O) groups excluding carboxylic acids is 2. The molecule has 2 aromatic rings. The number of rotatable bonds is 4. The van der Waals surface area contributed by atoms with E-state index in [1.807, 2.05) is 59.2 Å². The predicted molar refractivity (Wildman–Crippen MR) is 99.5 cm³/mol. The zero-order chi connectivity index (χ0) is 17.8. The van der Waals surface area contributed by atoms with E-state index in [0.717, 1.165) is 15.3 Å². The van der Waals surface area contributed by atoms with Crippen LogP contribution in [0.15, 0.2) is 42.5 Å². The van der Waals surface area contributed by atoms with E-state index in [-0.39, 0.29) is 17.9 Å². The average Bonchev–Trinajstić information content (AvgIpc) is 3.08. The maximum Gasteiger partial charge on any atom is 0.264 e. The highest BCUT2D eigenvalue weighted by molar-refractivity contribution is 7.13. The molecule has 2 heterocycles. The first-order valence-electron chi connectivity index (χ1n) is 8.48. The molecule has 1 unspecified atom stereocenters. The van der Waals surface area contributed by atoms with Gasteiger partial charge in [-0.05, 0) is 24.6 Å². The number of amides is 2. The lowest BCUT2D eigenvalue weighted by atomic mass is 10.0. The van der Waals surface area contributed by atoms with Gasteiger partial charge in [-0.3, -0.25) is 9.59 Å². The maximum atomic E-state index is 12.5. The number of carbonyl (C=O) groups is 2. The van der Waals surface area contributed by atoms with E-state index in [0.29, 0.717) is 32.6 Å². The summed E-state index contributed by atoms with van der Waals surface area (Å²) in [6.07, 6.45) is 0.294. The molecule has 1 atom stereocenters. The summed E-state index contributed by atoms with van der Waals surface area (Å²) < 4.78 is 0. The van der Waals surface area contributed by atoms with E-state index in [1.54, 1.807) is 0 Å². The first-order valence-corrected chi connectivity index (χ1v) is 9.30. The topological polar surface area (TPSA) is 66.6 Å². The van der Waals surface area contributed by atoms with Crippen molar-refractivity contribution in [2.24, 2.45) is 5.73 Å². The standard InChI is InChI=1S/C19H23N3O2S/c1-14-7-8-17(25-14)19(24)22-11-9-21(10-12-22)18(23)13-16(20)15-5-3-2-4-6-15/h2-8,16H,9-13,20H2,1H3. The van der Waals surface area contributed by atoms with Gasteiger partial charge in [0.15, 0.2) is 0 Å². The molecule has 0 spiro atoms. The molecule has 0 radical (unpaired) electrons. The fraction of sp³-hybridized carbons (Fsp3) is 0.368. The van der Waals surface area contributed by atoms with Gasteiger partial charge in [-0.2, -0.15) is 0 Å². The summed E-state index contributed by atoms with van der Waals surface area (Å²) in [5.41, 5.74) is 7.12. The Morgan fingerprint density at radius 2 is 1.68 bits per heavy atom. The average molecular weight is 357 g/mol. The third-order valence-electron chi connectivity index (χ3n) is 4.49. The van der Waals surface area contributed by atoms with Crippen molar-refractivity contribution in [3.05, 3.63) is 57.8 Å². The minimum atomic E-state index is -0.289. The largest absolute Gasteiger partial charge is 0.339 e. The molecule has 2 amide bonds. The Balaban J connectivity index is 1.51. The molecule has 0 aliphatic carbocycles. The first kappa shape index (κ1) is 17.6. The Kier molecular flexibility index (Phi) is 5.50. The number of thiophene rings is 1. The van der Waals surface area contributed by atoms with Crippen LogP contribution in [0.5, 0.6) is 0 Å². The van der Waals surface area contributed by atoms with Crippen molar-refractivity contribution in [2.45, 2.75) is 19.4 Å². The third kappa shape index (κ3) is 4.27. The summed E-state index contributed by atoms with van der Waals surface area (Å²) in [7, 11) is 0. The Hall–Kier alpha value is -2.18. The molecular weight excluding hydrogens is 334 g/mol. The van der Waals surface area contributed by atoms with E-state index in [4.69, 9.17) is 5.73 Å². The Labute approximate surface area is 152 Å². The number of hydrogen-bond donors (Lipinski definition) is 1. The van der Waals surface area contributed by atoms with E-state index in [1.165, 1.54) is 11.3 Å². The van der Waals surface area contributed by atoms with Gasteiger partial charge in [-0.25, -0.2) is 0 Å². The van der Waals surface area contributed by atoms with Crippen molar-refractivity contribution in [1.82, 2.24) is 9.80 Å². The fourth-order valence-corrected chi connectivity index (χ4v) is 3.84. The van der Waals surface area contributed by atoms with Crippen LogP contribution in [0.25, 0.3) is 0 Å². The number of nitrogens with two attached hydrogens (primary N) is 1.